The number of carbonyl (C=O) groups is 1. The Morgan fingerprint density at radius 3 is 2.57 bits per heavy atom. The van der Waals surface area contributed by atoms with Gasteiger partial charge in [0.05, 0.1) is 10.0 Å². The van der Waals surface area contributed by atoms with Crippen molar-refractivity contribution in [3.63, 3.8) is 0 Å². The van der Waals surface area contributed by atoms with E-state index in [2.05, 4.69) is 21.2 Å². The van der Waals surface area contributed by atoms with E-state index in [-0.39, 0.29) is 5.91 Å². The lowest BCUT2D eigenvalue weighted by molar-refractivity contribution is -0.111. The van der Waals surface area contributed by atoms with E-state index in [9.17, 15) is 4.79 Å². The molecule has 2 aromatic rings. The average Bonchev–Trinajstić information content (AvgIpc) is 2.43. The second kappa shape index (κ2) is 7.12. The van der Waals surface area contributed by atoms with Crippen LogP contribution in [0.5, 0.6) is 0 Å². The fraction of sp³-hybridized carbons (Fsp3) is 0.0625. The van der Waals surface area contributed by atoms with Gasteiger partial charge in [0, 0.05) is 16.2 Å². The molecule has 0 aliphatic rings. The van der Waals surface area contributed by atoms with Crippen LogP contribution in [0.3, 0.4) is 0 Å². The van der Waals surface area contributed by atoms with E-state index in [0.717, 1.165) is 21.3 Å². The van der Waals surface area contributed by atoms with E-state index in [0.29, 0.717) is 10.0 Å². The van der Waals surface area contributed by atoms with E-state index in [1.807, 2.05) is 25.1 Å². The van der Waals surface area contributed by atoms with Gasteiger partial charge in [0.1, 0.15) is 0 Å². The van der Waals surface area contributed by atoms with E-state index in [1.54, 1.807) is 24.3 Å². The van der Waals surface area contributed by atoms with Crippen molar-refractivity contribution in [1.82, 2.24) is 0 Å². The first-order chi connectivity index (χ1) is 9.95. The minimum Gasteiger partial charge on any atom is -0.322 e. The third kappa shape index (κ3) is 4.60. The number of amides is 1. The highest BCUT2D eigenvalue weighted by molar-refractivity contribution is 9.10. The molecule has 1 N–H and O–H groups in total. The molecule has 0 saturated heterocycles. The molecule has 0 radical (unpaired) electrons. The highest BCUT2D eigenvalue weighted by Gasteiger charge is 2.02. The smallest absolute Gasteiger partial charge is 0.248 e. The third-order valence-electron chi connectivity index (χ3n) is 2.82. The minimum atomic E-state index is -0.202. The van der Waals surface area contributed by atoms with Crippen LogP contribution in [0.4, 0.5) is 5.69 Å². The molecule has 0 saturated carbocycles. The Hall–Kier alpha value is -1.29. The Kier molecular flexibility index (Phi) is 5.45. The van der Waals surface area contributed by atoms with Crippen LogP contribution in [0.25, 0.3) is 6.08 Å². The fourth-order valence-corrected chi connectivity index (χ4v) is 2.51. The molecule has 1 amide bonds. The summed E-state index contributed by atoms with van der Waals surface area (Å²) in [5.41, 5.74) is 2.58. The normalized spacial score (nSPS) is 10.9. The minimum absolute atomic E-state index is 0.202. The molecule has 0 aliphatic heterocycles. The van der Waals surface area contributed by atoms with Gasteiger partial charge < -0.3 is 5.32 Å². The van der Waals surface area contributed by atoms with Crippen molar-refractivity contribution < 1.29 is 4.79 Å². The number of anilines is 1. The zero-order valence-corrected chi connectivity index (χ0v) is 14.3. The van der Waals surface area contributed by atoms with Crippen LogP contribution in [0.2, 0.25) is 10.0 Å². The van der Waals surface area contributed by atoms with Gasteiger partial charge in [-0.25, -0.2) is 0 Å². The van der Waals surface area contributed by atoms with E-state index in [1.165, 1.54) is 6.08 Å². The van der Waals surface area contributed by atoms with Crippen molar-refractivity contribution in [2.75, 3.05) is 5.32 Å². The Morgan fingerprint density at radius 2 is 1.90 bits per heavy atom. The van der Waals surface area contributed by atoms with E-state index in [4.69, 9.17) is 23.2 Å². The molecule has 0 heterocycles. The molecule has 0 unspecified atom stereocenters. The number of nitrogens with one attached hydrogen (secondary N) is 1. The molecular weight excluding hydrogens is 373 g/mol. The molecule has 5 heteroatoms. The molecular formula is C16H12BrCl2NO. The second-order valence-electron chi connectivity index (χ2n) is 4.46. The lowest BCUT2D eigenvalue weighted by Crippen LogP contribution is -2.08. The van der Waals surface area contributed by atoms with Crippen LogP contribution in [0, 0.1) is 6.92 Å². The number of benzene rings is 2. The molecule has 2 rings (SSSR count). The molecule has 0 bridgehead atoms. The second-order valence-corrected chi connectivity index (χ2v) is 6.19. The molecule has 0 aromatic heterocycles. The Bertz CT molecular complexity index is 713. The van der Waals surface area contributed by atoms with E-state index < -0.39 is 0 Å². The quantitative estimate of drug-likeness (QED) is 0.674. The molecule has 108 valence electrons. The Balaban J connectivity index is 2.07. The zero-order valence-electron chi connectivity index (χ0n) is 11.2. The van der Waals surface area contributed by atoms with Gasteiger partial charge in [-0.05, 0) is 54.5 Å². The number of hydrogen-bond donors (Lipinski definition) is 1. The van der Waals surface area contributed by atoms with Gasteiger partial charge in [0.2, 0.25) is 5.91 Å². The van der Waals surface area contributed by atoms with Gasteiger partial charge in [-0.2, -0.15) is 0 Å². The van der Waals surface area contributed by atoms with E-state index >= 15 is 0 Å². The van der Waals surface area contributed by atoms with Gasteiger partial charge in [0.15, 0.2) is 0 Å². The maximum Gasteiger partial charge on any atom is 0.248 e. The summed E-state index contributed by atoms with van der Waals surface area (Å²) >= 11 is 15.2. The van der Waals surface area contributed by atoms with Crippen molar-refractivity contribution in [3.05, 3.63) is 68.1 Å². The maximum atomic E-state index is 11.9. The standard InChI is InChI=1S/C16H12BrCl2NO/c1-10-8-12(17)4-6-15(10)20-16(21)7-3-11-2-5-13(18)14(19)9-11/h2-9H,1H3,(H,20,21)/b7-3+. The summed E-state index contributed by atoms with van der Waals surface area (Å²) in [6.07, 6.45) is 3.15. The maximum absolute atomic E-state index is 11.9. The summed E-state index contributed by atoms with van der Waals surface area (Å²) in [7, 11) is 0. The lowest BCUT2D eigenvalue weighted by atomic mass is 10.2. The molecule has 21 heavy (non-hydrogen) atoms. The monoisotopic (exact) mass is 383 g/mol. The third-order valence-corrected chi connectivity index (χ3v) is 4.05. The molecule has 0 fully saturated rings. The Morgan fingerprint density at radius 1 is 1.14 bits per heavy atom. The SMILES string of the molecule is Cc1cc(Br)ccc1NC(=O)/C=C/c1ccc(Cl)c(Cl)c1. The highest BCUT2D eigenvalue weighted by Crippen LogP contribution is 2.23. The van der Waals surface area contributed by atoms with Crippen LogP contribution >= 0.6 is 39.1 Å². The van der Waals surface area contributed by atoms with Crippen LogP contribution in [0.1, 0.15) is 11.1 Å². The molecule has 0 atom stereocenters. The van der Waals surface area contributed by atoms with Crippen LogP contribution in [0.15, 0.2) is 46.9 Å². The van der Waals surface area contributed by atoms with Gasteiger partial charge in [-0.3, -0.25) is 4.79 Å². The number of hydrogen-bond acceptors (Lipinski definition) is 1. The van der Waals surface area contributed by atoms with Crippen molar-refractivity contribution in [2.24, 2.45) is 0 Å². The van der Waals surface area contributed by atoms with Crippen molar-refractivity contribution in [3.8, 4) is 0 Å². The molecule has 2 nitrogen and oxygen atoms in total. The number of aryl methyl sites for hydroxylation is 1. The summed E-state index contributed by atoms with van der Waals surface area (Å²) in [6.45, 7) is 1.93. The summed E-state index contributed by atoms with van der Waals surface area (Å²) in [6, 6.07) is 10.9. The van der Waals surface area contributed by atoms with Crippen molar-refractivity contribution in [2.45, 2.75) is 6.92 Å². The molecule has 0 aliphatic carbocycles. The van der Waals surface area contributed by atoms with Gasteiger partial charge in [-0.1, -0.05) is 45.2 Å². The van der Waals surface area contributed by atoms with Gasteiger partial charge >= 0.3 is 0 Å². The molecule has 2 aromatic carbocycles. The highest BCUT2D eigenvalue weighted by atomic mass is 79.9. The number of carbonyl (C=O) groups excluding carboxylic acids is 1. The molecule has 0 spiro atoms. The van der Waals surface area contributed by atoms with Crippen LogP contribution in [-0.4, -0.2) is 5.91 Å². The van der Waals surface area contributed by atoms with Crippen LogP contribution in [-0.2, 0) is 4.79 Å². The topological polar surface area (TPSA) is 29.1 Å². The predicted octanol–water partition coefficient (Wildman–Crippen LogP) is 5.72. The largest absolute Gasteiger partial charge is 0.322 e. The van der Waals surface area contributed by atoms with Crippen LogP contribution < -0.4 is 5.32 Å². The fourth-order valence-electron chi connectivity index (χ4n) is 1.73. The lowest BCUT2D eigenvalue weighted by Gasteiger charge is -2.06. The predicted molar refractivity (Wildman–Crippen MR) is 93.0 cm³/mol. The van der Waals surface area contributed by atoms with Crippen molar-refractivity contribution in [1.29, 1.82) is 0 Å². The Labute approximate surface area is 141 Å². The zero-order chi connectivity index (χ0) is 15.4. The van der Waals surface area contributed by atoms with Crippen molar-refractivity contribution >= 4 is 56.8 Å². The number of halogens is 3. The first-order valence-corrected chi connectivity index (χ1v) is 7.71. The summed E-state index contributed by atoms with van der Waals surface area (Å²) in [5, 5.41) is 3.78. The number of rotatable bonds is 3. The first kappa shape index (κ1) is 16.1. The summed E-state index contributed by atoms with van der Waals surface area (Å²) in [5.74, 6) is -0.202. The average molecular weight is 385 g/mol. The van der Waals surface area contributed by atoms with Gasteiger partial charge in [-0.15, -0.1) is 0 Å². The van der Waals surface area contributed by atoms with Gasteiger partial charge in [0.25, 0.3) is 0 Å². The summed E-state index contributed by atoms with van der Waals surface area (Å²) in [4.78, 5) is 11.9. The summed E-state index contributed by atoms with van der Waals surface area (Å²) < 4.78 is 0.976. The first-order valence-electron chi connectivity index (χ1n) is 6.16.